The predicted octanol–water partition coefficient (Wildman–Crippen LogP) is 0.721. The minimum atomic E-state index is 0. The number of aryl methyl sites for hydroxylation is 1. The Morgan fingerprint density at radius 3 is 2.67 bits per heavy atom. The van der Waals surface area contributed by atoms with E-state index in [4.69, 9.17) is 0 Å². The van der Waals surface area contributed by atoms with Gasteiger partial charge in [0.25, 0.3) is 0 Å². The maximum Gasteiger partial charge on any atom is 0.00507 e. The third-order valence-electron chi connectivity index (χ3n) is 1.12. The summed E-state index contributed by atoms with van der Waals surface area (Å²) in [6.45, 7) is 5.67. The first-order chi connectivity index (χ1) is 3.84. The average Bonchev–Trinajstić information content (AvgIpc) is 2.14. The maximum absolute atomic E-state index is 3.82. The molecule has 0 amide bonds. The largest absolute Gasteiger partial charge is 0.581 e. The fourth-order valence-corrected chi connectivity index (χ4v) is 0.586. The smallest absolute Gasteiger partial charge is 0.00507 e. The quantitative estimate of drug-likeness (QED) is 0.620. The Morgan fingerprint density at radius 2 is 2.44 bits per heavy atom. The van der Waals surface area contributed by atoms with E-state index in [1.54, 1.807) is 6.20 Å². The molecule has 0 unspecified atom stereocenters. The van der Waals surface area contributed by atoms with Gasteiger partial charge in [-0.25, -0.2) is 0 Å². The molecule has 0 spiro atoms. The second-order valence-corrected chi connectivity index (χ2v) is 1.72. The fourth-order valence-electron chi connectivity index (χ4n) is 0.586. The van der Waals surface area contributed by atoms with Gasteiger partial charge in [-0.15, -0.1) is 0 Å². The molecule has 2 nitrogen and oxygen atoms in total. The molecular formula is C6H8N2Y-2. The molecule has 1 aromatic heterocycles. The molecule has 3 heteroatoms. The first kappa shape index (κ1) is 9.31. The fraction of sp³-hybridized carbons (Fsp3) is 0.333. The predicted molar refractivity (Wildman–Crippen MR) is 31.4 cm³/mol. The zero-order valence-corrected chi connectivity index (χ0v) is 8.30. The molecule has 0 aromatic carbocycles. The van der Waals surface area contributed by atoms with Gasteiger partial charge in [-0.05, 0) is 6.92 Å². The standard InChI is InChI=1S/C6H8N2.Y/c1-3-6-5(2)4-7-8-6;/h4H,1,3H2,2H3;/q-2;. The molecule has 0 saturated heterocycles. The molecule has 0 aliphatic heterocycles. The zero-order chi connectivity index (χ0) is 5.98. The van der Waals surface area contributed by atoms with Crippen LogP contribution >= 0.6 is 0 Å². The van der Waals surface area contributed by atoms with Crippen LogP contribution in [0.25, 0.3) is 0 Å². The van der Waals surface area contributed by atoms with Gasteiger partial charge in [0.05, 0.1) is 0 Å². The van der Waals surface area contributed by atoms with Gasteiger partial charge in [-0.1, -0.05) is 5.56 Å². The van der Waals surface area contributed by atoms with E-state index in [9.17, 15) is 0 Å². The van der Waals surface area contributed by atoms with E-state index in [2.05, 4.69) is 17.1 Å². The summed E-state index contributed by atoms with van der Waals surface area (Å²) in [7, 11) is 0. The van der Waals surface area contributed by atoms with Crippen LogP contribution in [0.15, 0.2) is 6.20 Å². The Labute approximate surface area is 80.3 Å². The zero-order valence-electron chi connectivity index (χ0n) is 5.46. The third-order valence-corrected chi connectivity index (χ3v) is 1.12. The number of aromatic nitrogens is 2. The van der Waals surface area contributed by atoms with Gasteiger partial charge in [0.2, 0.25) is 0 Å². The second kappa shape index (κ2) is 4.18. The molecular weight excluding hydrogens is 189 g/mol. The first-order valence-corrected chi connectivity index (χ1v) is 2.57. The van der Waals surface area contributed by atoms with E-state index in [0.29, 0.717) is 0 Å². The van der Waals surface area contributed by atoms with Crippen LogP contribution < -0.4 is 5.10 Å². The number of rotatable bonds is 1. The summed E-state index contributed by atoms with van der Waals surface area (Å²) in [5.74, 6) is 0. The van der Waals surface area contributed by atoms with Crippen LogP contribution in [0.1, 0.15) is 11.3 Å². The van der Waals surface area contributed by atoms with E-state index >= 15 is 0 Å². The van der Waals surface area contributed by atoms with Gasteiger partial charge in [0.1, 0.15) is 0 Å². The van der Waals surface area contributed by atoms with Crippen molar-refractivity contribution in [2.24, 2.45) is 0 Å². The van der Waals surface area contributed by atoms with Crippen LogP contribution in [-0.2, 0) is 39.1 Å². The normalized spacial score (nSPS) is 8.67. The second-order valence-electron chi connectivity index (χ2n) is 1.72. The van der Waals surface area contributed by atoms with Crippen LogP contribution in [-0.4, -0.2) is 5.10 Å². The summed E-state index contributed by atoms with van der Waals surface area (Å²) in [6.07, 6.45) is 2.49. The van der Waals surface area contributed by atoms with Gasteiger partial charge < -0.3 is 17.1 Å². The van der Waals surface area contributed by atoms with Crippen molar-refractivity contribution in [2.75, 3.05) is 0 Å². The molecule has 47 valence electrons. The molecule has 0 aliphatic rings. The van der Waals surface area contributed by atoms with Crippen molar-refractivity contribution in [3.05, 3.63) is 24.4 Å². The summed E-state index contributed by atoms with van der Waals surface area (Å²) in [4.78, 5) is 0. The topological polar surface area (TPSA) is 27.0 Å². The average molecular weight is 197 g/mol. The van der Waals surface area contributed by atoms with Crippen LogP contribution in [0.3, 0.4) is 0 Å². The summed E-state index contributed by atoms with van der Waals surface area (Å²) in [6, 6.07) is 0. The molecule has 0 bridgehead atoms. The molecule has 1 rings (SSSR count). The van der Waals surface area contributed by atoms with Crippen LogP contribution in [0.5, 0.6) is 0 Å². The van der Waals surface area contributed by atoms with Crippen molar-refractivity contribution in [1.82, 2.24) is 10.2 Å². The first-order valence-electron chi connectivity index (χ1n) is 2.57. The van der Waals surface area contributed by atoms with Gasteiger partial charge in [0, 0.05) is 38.9 Å². The van der Waals surface area contributed by atoms with Gasteiger partial charge in [0.15, 0.2) is 0 Å². The SMILES string of the molecule is [CH2-]Cc1[n-]ncc1C.[Y]. The monoisotopic (exact) mass is 197 g/mol. The molecule has 0 atom stereocenters. The van der Waals surface area contributed by atoms with Crippen LogP contribution in [0.4, 0.5) is 0 Å². The van der Waals surface area contributed by atoms with E-state index in [1.165, 1.54) is 0 Å². The van der Waals surface area contributed by atoms with Crippen molar-refractivity contribution < 1.29 is 32.7 Å². The summed E-state index contributed by atoms with van der Waals surface area (Å²) in [5, 5.41) is 7.52. The molecule has 0 saturated carbocycles. The molecule has 1 aromatic rings. The van der Waals surface area contributed by atoms with Crippen molar-refractivity contribution in [2.45, 2.75) is 13.3 Å². The van der Waals surface area contributed by atoms with Crippen LogP contribution in [0, 0.1) is 13.8 Å². The van der Waals surface area contributed by atoms with Gasteiger partial charge in [-0.2, -0.15) is 12.1 Å². The van der Waals surface area contributed by atoms with E-state index < -0.39 is 0 Å². The van der Waals surface area contributed by atoms with Crippen LogP contribution in [0.2, 0.25) is 0 Å². The minimum Gasteiger partial charge on any atom is -0.581 e. The summed E-state index contributed by atoms with van der Waals surface area (Å²) < 4.78 is 0. The summed E-state index contributed by atoms with van der Waals surface area (Å²) >= 11 is 0. The van der Waals surface area contributed by atoms with Crippen molar-refractivity contribution in [3.8, 4) is 0 Å². The molecule has 1 radical (unpaired) electrons. The maximum atomic E-state index is 3.82. The van der Waals surface area contributed by atoms with Gasteiger partial charge in [-0.3, -0.25) is 0 Å². The minimum absolute atomic E-state index is 0. The molecule has 0 aliphatic carbocycles. The van der Waals surface area contributed by atoms with E-state index in [0.717, 1.165) is 17.7 Å². The molecule has 0 N–H and O–H groups in total. The summed E-state index contributed by atoms with van der Waals surface area (Å²) in [5.41, 5.74) is 2.14. The molecule has 9 heavy (non-hydrogen) atoms. The Balaban J connectivity index is 0.000000640. The number of nitrogens with zero attached hydrogens (tertiary/aromatic N) is 2. The number of hydrogen-bond acceptors (Lipinski definition) is 1. The van der Waals surface area contributed by atoms with E-state index in [-0.39, 0.29) is 32.7 Å². The molecule has 0 fully saturated rings. The van der Waals surface area contributed by atoms with Gasteiger partial charge >= 0.3 is 0 Å². The third kappa shape index (κ3) is 2.19. The van der Waals surface area contributed by atoms with Crippen molar-refractivity contribution in [1.29, 1.82) is 0 Å². The Morgan fingerprint density at radius 1 is 1.78 bits per heavy atom. The Kier molecular flexibility index (Phi) is 4.33. The van der Waals surface area contributed by atoms with Crippen molar-refractivity contribution >= 4 is 0 Å². The van der Waals surface area contributed by atoms with Crippen molar-refractivity contribution in [3.63, 3.8) is 0 Å². The Bertz CT molecular complexity index is 171. The Hall–Kier alpha value is 0.314. The van der Waals surface area contributed by atoms with E-state index in [1.807, 2.05) is 6.92 Å². The molecule has 1 heterocycles. The number of hydrogen-bond donors (Lipinski definition) is 0.